The molecule has 0 bridgehead atoms. The fourth-order valence-electron chi connectivity index (χ4n) is 3.63. The molecule has 0 unspecified atom stereocenters. The van der Waals surface area contributed by atoms with Gasteiger partial charge in [0.15, 0.2) is 11.3 Å². The van der Waals surface area contributed by atoms with E-state index in [1.54, 1.807) is 35.1 Å². The van der Waals surface area contributed by atoms with Gasteiger partial charge in [-0.05, 0) is 48.9 Å². The molecule has 27 heavy (non-hydrogen) atoms. The second-order valence-corrected chi connectivity index (χ2v) is 6.83. The zero-order chi connectivity index (χ0) is 18.8. The Morgan fingerprint density at radius 2 is 2.07 bits per heavy atom. The van der Waals surface area contributed by atoms with Gasteiger partial charge < -0.3 is 10.0 Å². The minimum atomic E-state index is -0.280. The first-order valence-electron chi connectivity index (χ1n) is 9.17. The van der Waals surface area contributed by atoms with E-state index < -0.39 is 0 Å². The number of likely N-dealkylation sites (tertiary alicyclic amines) is 1. The predicted octanol–water partition coefficient (Wildman–Crippen LogP) is 2.77. The molecular weight excluding hydrogens is 347 g/mol. The largest absolute Gasteiger partial charge is 0.396 e. The molecule has 140 valence electrons. The smallest absolute Gasteiger partial charge is 0.274 e. The molecule has 0 saturated carbocycles. The molecule has 1 N–H and O–H groups in total. The molecule has 2 aromatic heterocycles. The molecule has 6 nitrogen and oxygen atoms in total. The highest BCUT2D eigenvalue weighted by molar-refractivity contribution is 5.93. The standard InChI is InChI=1S/C20H21FN4O2/c21-16-6-4-15(5-7-16)18-3-1-2-9-24(18)20(27)17-11-19-22-12-14(8-10-26)13-25(19)23-17/h4-7,11-13,18,26H,1-3,8-10H2/t18-/m1/s1. The quantitative estimate of drug-likeness (QED) is 0.769. The summed E-state index contributed by atoms with van der Waals surface area (Å²) in [6.07, 6.45) is 6.78. The van der Waals surface area contributed by atoms with Crippen molar-refractivity contribution in [3.8, 4) is 0 Å². The number of hydrogen-bond donors (Lipinski definition) is 1. The van der Waals surface area contributed by atoms with Crippen LogP contribution in [0.1, 0.15) is 46.9 Å². The number of nitrogens with zero attached hydrogens (tertiary/aromatic N) is 4. The Balaban J connectivity index is 1.63. The van der Waals surface area contributed by atoms with Crippen molar-refractivity contribution < 1.29 is 14.3 Å². The van der Waals surface area contributed by atoms with Gasteiger partial charge in [0, 0.05) is 31.6 Å². The number of carbonyl (C=O) groups is 1. The molecule has 0 radical (unpaired) electrons. The Morgan fingerprint density at radius 1 is 1.26 bits per heavy atom. The van der Waals surface area contributed by atoms with Gasteiger partial charge in [0.1, 0.15) is 5.82 Å². The van der Waals surface area contributed by atoms with Crippen LogP contribution in [0.2, 0.25) is 0 Å². The van der Waals surface area contributed by atoms with E-state index in [1.165, 1.54) is 12.1 Å². The summed E-state index contributed by atoms with van der Waals surface area (Å²) in [5.74, 6) is -0.421. The molecule has 1 amide bonds. The summed E-state index contributed by atoms with van der Waals surface area (Å²) in [4.78, 5) is 19.3. The minimum Gasteiger partial charge on any atom is -0.396 e. The van der Waals surface area contributed by atoms with E-state index in [-0.39, 0.29) is 24.4 Å². The number of aliphatic hydroxyl groups is 1. The summed E-state index contributed by atoms with van der Waals surface area (Å²) >= 11 is 0. The van der Waals surface area contributed by atoms with Crippen molar-refractivity contribution >= 4 is 11.6 Å². The van der Waals surface area contributed by atoms with Crippen LogP contribution in [-0.2, 0) is 6.42 Å². The van der Waals surface area contributed by atoms with E-state index in [9.17, 15) is 9.18 Å². The lowest BCUT2D eigenvalue weighted by molar-refractivity contribution is 0.0605. The number of rotatable bonds is 4. The second-order valence-electron chi connectivity index (χ2n) is 6.83. The number of halogens is 1. The van der Waals surface area contributed by atoms with Crippen molar-refractivity contribution in [1.29, 1.82) is 0 Å². The summed E-state index contributed by atoms with van der Waals surface area (Å²) in [7, 11) is 0. The minimum absolute atomic E-state index is 0.0351. The molecule has 7 heteroatoms. The summed E-state index contributed by atoms with van der Waals surface area (Å²) in [6, 6.07) is 7.97. The first kappa shape index (κ1) is 17.6. The third-order valence-corrected chi connectivity index (χ3v) is 5.00. The number of benzene rings is 1. The normalized spacial score (nSPS) is 17.4. The van der Waals surface area contributed by atoms with Crippen LogP contribution in [0, 0.1) is 5.82 Å². The summed E-state index contributed by atoms with van der Waals surface area (Å²) in [5, 5.41) is 13.5. The number of hydrogen-bond acceptors (Lipinski definition) is 4. The van der Waals surface area contributed by atoms with Crippen LogP contribution in [0.5, 0.6) is 0 Å². The zero-order valence-corrected chi connectivity index (χ0v) is 14.9. The number of piperidine rings is 1. The van der Waals surface area contributed by atoms with Gasteiger partial charge >= 0.3 is 0 Å². The van der Waals surface area contributed by atoms with Crippen LogP contribution < -0.4 is 0 Å². The highest BCUT2D eigenvalue weighted by atomic mass is 19.1. The molecule has 0 spiro atoms. The number of fused-ring (bicyclic) bond motifs is 1. The maximum absolute atomic E-state index is 13.3. The lowest BCUT2D eigenvalue weighted by Gasteiger charge is -2.35. The van der Waals surface area contributed by atoms with Crippen molar-refractivity contribution in [2.75, 3.05) is 13.2 Å². The Kier molecular flexibility index (Phi) is 4.85. The van der Waals surface area contributed by atoms with E-state index in [4.69, 9.17) is 5.11 Å². The summed E-state index contributed by atoms with van der Waals surface area (Å²) < 4.78 is 14.8. The first-order chi connectivity index (χ1) is 13.2. The maximum atomic E-state index is 13.3. The fraction of sp³-hybridized carbons (Fsp3) is 0.350. The third-order valence-electron chi connectivity index (χ3n) is 5.00. The Hall–Kier alpha value is -2.80. The van der Waals surface area contributed by atoms with Crippen LogP contribution in [0.15, 0.2) is 42.7 Å². The van der Waals surface area contributed by atoms with E-state index in [0.29, 0.717) is 24.3 Å². The number of amides is 1. The number of aromatic nitrogens is 3. The molecule has 0 aliphatic carbocycles. The highest BCUT2D eigenvalue weighted by Gasteiger charge is 2.30. The monoisotopic (exact) mass is 368 g/mol. The van der Waals surface area contributed by atoms with Gasteiger partial charge in [-0.1, -0.05) is 12.1 Å². The average Bonchev–Trinajstić information content (AvgIpc) is 3.12. The van der Waals surface area contributed by atoms with E-state index in [0.717, 1.165) is 30.4 Å². The first-order valence-corrected chi connectivity index (χ1v) is 9.17. The second kappa shape index (κ2) is 7.44. The van der Waals surface area contributed by atoms with Gasteiger partial charge in [-0.25, -0.2) is 13.9 Å². The molecule has 1 saturated heterocycles. The van der Waals surface area contributed by atoms with Crippen LogP contribution in [0.3, 0.4) is 0 Å². The predicted molar refractivity (Wildman–Crippen MR) is 97.8 cm³/mol. The van der Waals surface area contributed by atoms with Gasteiger partial charge in [0.05, 0.1) is 6.04 Å². The van der Waals surface area contributed by atoms with E-state index >= 15 is 0 Å². The number of carbonyl (C=O) groups excluding carboxylic acids is 1. The van der Waals surface area contributed by atoms with Crippen LogP contribution in [0.4, 0.5) is 4.39 Å². The Labute approximate surface area is 156 Å². The van der Waals surface area contributed by atoms with Crippen molar-refractivity contribution in [3.05, 3.63) is 65.4 Å². The van der Waals surface area contributed by atoms with Gasteiger partial charge in [-0.15, -0.1) is 0 Å². The van der Waals surface area contributed by atoms with Crippen molar-refractivity contribution in [2.24, 2.45) is 0 Å². The van der Waals surface area contributed by atoms with Crippen LogP contribution >= 0.6 is 0 Å². The molecule has 1 atom stereocenters. The van der Waals surface area contributed by atoms with Crippen molar-refractivity contribution in [2.45, 2.75) is 31.7 Å². The average molecular weight is 368 g/mol. The van der Waals surface area contributed by atoms with Crippen molar-refractivity contribution in [3.63, 3.8) is 0 Å². The third kappa shape index (κ3) is 3.55. The molecule has 4 rings (SSSR count). The lowest BCUT2D eigenvalue weighted by atomic mass is 9.95. The maximum Gasteiger partial charge on any atom is 0.274 e. The molecule has 3 heterocycles. The Bertz CT molecular complexity index is 954. The molecule has 1 aromatic carbocycles. The molecule has 1 aliphatic heterocycles. The van der Waals surface area contributed by atoms with E-state index in [2.05, 4.69) is 10.1 Å². The van der Waals surface area contributed by atoms with Gasteiger partial charge in [0.25, 0.3) is 5.91 Å². The molecular formula is C20H21FN4O2. The highest BCUT2D eigenvalue weighted by Crippen LogP contribution is 2.32. The SMILES string of the molecule is O=C(c1cc2ncc(CCO)cn2n1)N1CCCC[C@@H]1c1ccc(F)cc1. The van der Waals surface area contributed by atoms with Gasteiger partial charge in [-0.2, -0.15) is 5.10 Å². The van der Waals surface area contributed by atoms with E-state index in [1.807, 2.05) is 4.90 Å². The van der Waals surface area contributed by atoms with Gasteiger partial charge in [-0.3, -0.25) is 4.79 Å². The van der Waals surface area contributed by atoms with Crippen molar-refractivity contribution in [1.82, 2.24) is 19.5 Å². The summed E-state index contributed by atoms with van der Waals surface area (Å²) in [5.41, 5.74) is 2.74. The molecule has 1 fully saturated rings. The van der Waals surface area contributed by atoms with Crippen LogP contribution in [0.25, 0.3) is 5.65 Å². The van der Waals surface area contributed by atoms with Crippen LogP contribution in [-0.4, -0.2) is 43.7 Å². The fourth-order valence-corrected chi connectivity index (χ4v) is 3.63. The number of aliphatic hydroxyl groups excluding tert-OH is 1. The zero-order valence-electron chi connectivity index (χ0n) is 14.9. The molecule has 1 aliphatic rings. The van der Waals surface area contributed by atoms with Gasteiger partial charge in [0.2, 0.25) is 0 Å². The Morgan fingerprint density at radius 3 is 2.85 bits per heavy atom. The molecule has 3 aromatic rings. The summed E-state index contributed by atoms with van der Waals surface area (Å²) in [6.45, 7) is 0.686. The lowest BCUT2D eigenvalue weighted by Crippen LogP contribution is -2.38. The topological polar surface area (TPSA) is 70.7 Å².